The lowest BCUT2D eigenvalue weighted by atomic mass is 9.91. The van der Waals surface area contributed by atoms with Crippen molar-refractivity contribution >= 4 is 29.4 Å². The van der Waals surface area contributed by atoms with Crippen molar-refractivity contribution in [1.82, 2.24) is 15.5 Å². The summed E-state index contributed by atoms with van der Waals surface area (Å²) >= 11 is 5.83. The van der Waals surface area contributed by atoms with Gasteiger partial charge in [0.25, 0.3) is 5.91 Å². The number of aryl methyl sites for hydroxylation is 1. The first-order valence-electron chi connectivity index (χ1n) is 8.52. The summed E-state index contributed by atoms with van der Waals surface area (Å²) < 4.78 is 0. The Bertz CT molecular complexity index is 880. The second-order valence-corrected chi connectivity index (χ2v) is 7.15. The molecular formula is C20H20ClN3O3. The molecule has 2 aromatic rings. The number of hydrogen-bond acceptors (Lipinski definition) is 3. The first kappa shape index (κ1) is 18.9. The van der Waals surface area contributed by atoms with E-state index in [1.54, 1.807) is 43.3 Å². The summed E-state index contributed by atoms with van der Waals surface area (Å²) in [4.78, 5) is 38.3. The van der Waals surface area contributed by atoms with Gasteiger partial charge in [0.05, 0.1) is 0 Å². The molecule has 27 heavy (non-hydrogen) atoms. The summed E-state index contributed by atoms with van der Waals surface area (Å²) in [5.74, 6) is -0.861. The Morgan fingerprint density at radius 3 is 2.37 bits per heavy atom. The number of nitrogens with one attached hydrogen (secondary N) is 2. The van der Waals surface area contributed by atoms with Gasteiger partial charge < -0.3 is 10.6 Å². The predicted octanol–water partition coefficient (Wildman–Crippen LogP) is 2.73. The van der Waals surface area contributed by atoms with Crippen molar-refractivity contribution in [2.24, 2.45) is 0 Å². The van der Waals surface area contributed by atoms with Crippen LogP contribution < -0.4 is 10.6 Å². The number of urea groups is 1. The highest BCUT2D eigenvalue weighted by Gasteiger charge is 2.49. The Morgan fingerprint density at radius 2 is 1.74 bits per heavy atom. The molecular weight excluding hydrogens is 366 g/mol. The number of imide groups is 1. The number of benzene rings is 2. The first-order valence-corrected chi connectivity index (χ1v) is 8.90. The Hall–Kier alpha value is -2.86. The van der Waals surface area contributed by atoms with Crippen molar-refractivity contribution < 1.29 is 14.4 Å². The van der Waals surface area contributed by atoms with Gasteiger partial charge in [0.2, 0.25) is 5.91 Å². The molecule has 2 aromatic carbocycles. The highest BCUT2D eigenvalue weighted by molar-refractivity contribution is 6.30. The van der Waals surface area contributed by atoms with Crippen LogP contribution in [0.4, 0.5) is 4.79 Å². The minimum atomic E-state index is -1.18. The molecule has 0 aromatic heterocycles. The van der Waals surface area contributed by atoms with Gasteiger partial charge in [-0.05, 0) is 37.1 Å². The van der Waals surface area contributed by atoms with Crippen molar-refractivity contribution in [2.45, 2.75) is 25.9 Å². The maximum Gasteiger partial charge on any atom is 0.325 e. The molecule has 1 aliphatic rings. The standard InChI is InChI=1S/C20H20ClN3O3/c1-13-3-7-15(8-4-13)20(2)18(26)24(19(27)23-20)12-17(25)22-11-14-5-9-16(21)10-6-14/h3-10H,11-12H2,1-2H3,(H,22,25)(H,23,27)/t20-/m1/s1. The van der Waals surface area contributed by atoms with E-state index in [-0.39, 0.29) is 13.1 Å². The third-order valence-corrected chi connectivity index (χ3v) is 4.86. The molecule has 140 valence electrons. The van der Waals surface area contributed by atoms with E-state index in [1.165, 1.54) is 0 Å². The molecule has 0 spiro atoms. The Morgan fingerprint density at radius 1 is 1.11 bits per heavy atom. The molecule has 6 nitrogen and oxygen atoms in total. The fourth-order valence-electron chi connectivity index (χ4n) is 2.93. The van der Waals surface area contributed by atoms with E-state index < -0.39 is 23.4 Å². The van der Waals surface area contributed by atoms with Crippen molar-refractivity contribution in [2.75, 3.05) is 6.54 Å². The molecule has 0 saturated carbocycles. The Balaban J connectivity index is 1.65. The van der Waals surface area contributed by atoms with Gasteiger partial charge in [0.1, 0.15) is 12.1 Å². The fourth-order valence-corrected chi connectivity index (χ4v) is 3.05. The van der Waals surface area contributed by atoms with Gasteiger partial charge in [-0.2, -0.15) is 0 Å². The zero-order valence-electron chi connectivity index (χ0n) is 15.1. The maximum atomic E-state index is 12.8. The quantitative estimate of drug-likeness (QED) is 0.777. The van der Waals surface area contributed by atoms with E-state index >= 15 is 0 Å². The van der Waals surface area contributed by atoms with Crippen LogP contribution in [-0.4, -0.2) is 29.3 Å². The lowest BCUT2D eigenvalue weighted by Crippen LogP contribution is -2.43. The molecule has 3 rings (SSSR count). The number of amides is 4. The van der Waals surface area contributed by atoms with E-state index in [0.717, 1.165) is 16.0 Å². The van der Waals surface area contributed by atoms with Crippen molar-refractivity contribution in [3.05, 3.63) is 70.2 Å². The van der Waals surface area contributed by atoms with Crippen molar-refractivity contribution in [1.29, 1.82) is 0 Å². The van der Waals surface area contributed by atoms with Crippen molar-refractivity contribution in [3.8, 4) is 0 Å². The first-order chi connectivity index (χ1) is 12.8. The minimum Gasteiger partial charge on any atom is -0.350 e. The summed E-state index contributed by atoms with van der Waals surface area (Å²) in [7, 11) is 0. The van der Waals surface area contributed by atoms with Crippen LogP contribution in [0.25, 0.3) is 0 Å². The van der Waals surface area contributed by atoms with Gasteiger partial charge >= 0.3 is 6.03 Å². The van der Waals surface area contributed by atoms with Gasteiger partial charge in [-0.1, -0.05) is 53.6 Å². The third-order valence-electron chi connectivity index (χ3n) is 4.61. The molecule has 1 atom stereocenters. The van der Waals surface area contributed by atoms with Crippen LogP contribution in [0.2, 0.25) is 5.02 Å². The highest BCUT2D eigenvalue weighted by Crippen LogP contribution is 2.28. The van der Waals surface area contributed by atoms with E-state index in [9.17, 15) is 14.4 Å². The van der Waals surface area contributed by atoms with Crippen LogP contribution >= 0.6 is 11.6 Å². The molecule has 2 N–H and O–H groups in total. The van der Waals surface area contributed by atoms with E-state index in [4.69, 9.17) is 11.6 Å². The van der Waals surface area contributed by atoms with Gasteiger partial charge in [-0.3, -0.25) is 14.5 Å². The fraction of sp³-hybridized carbons (Fsp3) is 0.250. The monoisotopic (exact) mass is 385 g/mol. The van der Waals surface area contributed by atoms with Gasteiger partial charge in [0.15, 0.2) is 0 Å². The smallest absolute Gasteiger partial charge is 0.325 e. The van der Waals surface area contributed by atoms with Gasteiger partial charge in [0, 0.05) is 11.6 Å². The Kier molecular flexibility index (Phi) is 5.19. The van der Waals surface area contributed by atoms with Crippen LogP contribution in [0.1, 0.15) is 23.6 Å². The molecule has 1 saturated heterocycles. The number of carbonyl (C=O) groups excluding carboxylic acids is 3. The second kappa shape index (κ2) is 7.40. The number of halogens is 1. The molecule has 1 fully saturated rings. The molecule has 1 aliphatic heterocycles. The van der Waals surface area contributed by atoms with Crippen LogP contribution in [0.15, 0.2) is 48.5 Å². The number of nitrogens with zero attached hydrogens (tertiary/aromatic N) is 1. The SMILES string of the molecule is Cc1ccc([C@@]2(C)NC(=O)N(CC(=O)NCc3ccc(Cl)cc3)C2=O)cc1. The largest absolute Gasteiger partial charge is 0.350 e. The number of carbonyl (C=O) groups is 3. The summed E-state index contributed by atoms with van der Waals surface area (Å²) in [6.07, 6.45) is 0. The number of hydrogen-bond donors (Lipinski definition) is 2. The topological polar surface area (TPSA) is 78.5 Å². The maximum absolute atomic E-state index is 12.8. The van der Waals surface area contributed by atoms with E-state index in [0.29, 0.717) is 10.6 Å². The van der Waals surface area contributed by atoms with Crippen LogP contribution in [0.3, 0.4) is 0 Å². The summed E-state index contributed by atoms with van der Waals surface area (Å²) in [6.45, 7) is 3.54. The van der Waals surface area contributed by atoms with E-state index in [2.05, 4.69) is 10.6 Å². The van der Waals surface area contributed by atoms with Crippen LogP contribution in [0.5, 0.6) is 0 Å². The van der Waals surface area contributed by atoms with Gasteiger partial charge in [-0.15, -0.1) is 0 Å². The third kappa shape index (κ3) is 3.95. The lowest BCUT2D eigenvalue weighted by molar-refractivity contribution is -0.134. The van der Waals surface area contributed by atoms with Gasteiger partial charge in [-0.25, -0.2) is 4.79 Å². The summed E-state index contributed by atoms with van der Waals surface area (Å²) in [6, 6.07) is 13.8. The average Bonchev–Trinajstić information content (AvgIpc) is 2.86. The summed E-state index contributed by atoms with van der Waals surface area (Å²) in [5, 5.41) is 6.01. The van der Waals surface area contributed by atoms with E-state index in [1.807, 2.05) is 19.1 Å². The van der Waals surface area contributed by atoms with Crippen LogP contribution in [0, 0.1) is 6.92 Å². The zero-order chi connectivity index (χ0) is 19.6. The van der Waals surface area contributed by atoms with Crippen molar-refractivity contribution in [3.63, 3.8) is 0 Å². The predicted molar refractivity (Wildman–Crippen MR) is 102 cm³/mol. The average molecular weight is 386 g/mol. The molecule has 7 heteroatoms. The lowest BCUT2D eigenvalue weighted by Gasteiger charge is -2.22. The normalized spacial score (nSPS) is 19.1. The second-order valence-electron chi connectivity index (χ2n) is 6.72. The highest BCUT2D eigenvalue weighted by atomic mass is 35.5. The molecule has 0 aliphatic carbocycles. The molecule has 0 bridgehead atoms. The minimum absolute atomic E-state index is 0.287. The molecule has 1 heterocycles. The molecule has 4 amide bonds. The molecule has 0 radical (unpaired) electrons. The summed E-state index contributed by atoms with van der Waals surface area (Å²) in [5.41, 5.74) is 1.42. The molecule has 0 unspecified atom stereocenters. The van der Waals surface area contributed by atoms with Crippen LogP contribution in [-0.2, 0) is 21.7 Å². The zero-order valence-corrected chi connectivity index (χ0v) is 15.8. The number of rotatable bonds is 5. The Labute approximate surface area is 162 Å².